The molecule has 3 rings (SSSR count). The molecule has 9 heteroatoms. The molecule has 0 saturated carbocycles. The van der Waals surface area contributed by atoms with Crippen LogP contribution in [-0.4, -0.2) is 19.2 Å². The third kappa shape index (κ3) is 4.89. The van der Waals surface area contributed by atoms with Crippen molar-refractivity contribution in [3.8, 4) is 0 Å². The van der Waals surface area contributed by atoms with Crippen LogP contribution >= 0.6 is 0 Å². The number of hydrogen-bond acceptors (Lipinski definition) is 5. The van der Waals surface area contributed by atoms with Crippen LogP contribution in [0.2, 0.25) is 0 Å². The highest BCUT2D eigenvalue weighted by atomic mass is 32.2. The van der Waals surface area contributed by atoms with E-state index in [0.717, 1.165) is 5.56 Å². The fourth-order valence-electron chi connectivity index (χ4n) is 2.95. The van der Waals surface area contributed by atoms with Crippen molar-refractivity contribution in [3.05, 3.63) is 93.0 Å². The molecule has 0 spiro atoms. The van der Waals surface area contributed by atoms with Gasteiger partial charge in [0.1, 0.15) is 0 Å². The van der Waals surface area contributed by atoms with E-state index in [1.165, 1.54) is 30.3 Å². The van der Waals surface area contributed by atoms with E-state index in [1.54, 1.807) is 44.2 Å². The van der Waals surface area contributed by atoms with Crippen molar-refractivity contribution in [3.63, 3.8) is 0 Å². The first kappa shape index (κ1) is 22.0. The fourth-order valence-corrected chi connectivity index (χ4v) is 4.07. The van der Waals surface area contributed by atoms with E-state index in [4.69, 9.17) is 0 Å². The maximum Gasteiger partial charge on any atom is 0.274 e. The Morgan fingerprint density at radius 2 is 1.61 bits per heavy atom. The predicted octanol–water partition coefficient (Wildman–Crippen LogP) is 4.57. The first-order valence-electron chi connectivity index (χ1n) is 9.34. The van der Waals surface area contributed by atoms with Gasteiger partial charge < -0.3 is 5.32 Å². The second-order valence-electron chi connectivity index (χ2n) is 7.11. The quantitative estimate of drug-likeness (QED) is 0.431. The Morgan fingerprint density at radius 1 is 0.935 bits per heavy atom. The molecule has 160 valence electrons. The van der Waals surface area contributed by atoms with Crippen molar-refractivity contribution in [2.45, 2.75) is 25.7 Å². The summed E-state index contributed by atoms with van der Waals surface area (Å²) in [5.74, 6) is -0.514. The molecule has 0 aromatic heterocycles. The molecule has 3 aromatic carbocycles. The number of amides is 1. The Hall–Kier alpha value is -3.72. The summed E-state index contributed by atoms with van der Waals surface area (Å²) in [6, 6.07) is 15.4. The minimum Gasteiger partial charge on any atom is -0.321 e. The molecular weight excluding hydrogens is 418 g/mol. The molecule has 0 aliphatic heterocycles. The maximum atomic E-state index is 12.7. The number of hydrogen-bond donors (Lipinski definition) is 2. The van der Waals surface area contributed by atoms with Crippen molar-refractivity contribution in [2.24, 2.45) is 0 Å². The molecule has 0 heterocycles. The standard InChI is InChI=1S/C22H21N3O5S/c1-14-7-11-18(12-8-14)31(29,30)24-20-13-17(10-9-15(20)2)22(26)23-19-5-4-6-21(16(19)3)25(27)28/h4-13,24H,1-3H3,(H,23,26). The lowest BCUT2D eigenvalue weighted by Gasteiger charge is -2.13. The van der Waals surface area contributed by atoms with Crippen LogP contribution < -0.4 is 10.0 Å². The smallest absolute Gasteiger partial charge is 0.274 e. The second kappa shape index (κ2) is 8.57. The summed E-state index contributed by atoms with van der Waals surface area (Å²) in [5.41, 5.74) is 2.58. The van der Waals surface area contributed by atoms with E-state index in [1.807, 2.05) is 6.92 Å². The van der Waals surface area contributed by atoms with Crippen molar-refractivity contribution >= 4 is 33.0 Å². The summed E-state index contributed by atoms with van der Waals surface area (Å²) in [4.78, 5) is 23.4. The van der Waals surface area contributed by atoms with Gasteiger partial charge in [-0.3, -0.25) is 19.6 Å². The number of rotatable bonds is 6. The molecule has 1 amide bonds. The van der Waals surface area contributed by atoms with Gasteiger partial charge in [-0.05, 0) is 56.7 Å². The lowest BCUT2D eigenvalue weighted by Crippen LogP contribution is -2.16. The van der Waals surface area contributed by atoms with Crippen molar-refractivity contribution in [1.82, 2.24) is 0 Å². The van der Waals surface area contributed by atoms with E-state index in [2.05, 4.69) is 10.0 Å². The van der Waals surface area contributed by atoms with Gasteiger partial charge in [-0.1, -0.05) is 29.8 Å². The van der Waals surface area contributed by atoms with Crippen LogP contribution in [0.5, 0.6) is 0 Å². The number of benzene rings is 3. The Labute approximate surface area is 180 Å². The molecule has 0 unspecified atom stereocenters. The van der Waals surface area contributed by atoms with Gasteiger partial charge in [0.15, 0.2) is 0 Å². The molecule has 0 bridgehead atoms. The molecule has 0 saturated heterocycles. The predicted molar refractivity (Wildman–Crippen MR) is 119 cm³/mol. The van der Waals surface area contributed by atoms with Crippen LogP contribution in [0.4, 0.5) is 17.1 Å². The van der Waals surface area contributed by atoms with E-state index >= 15 is 0 Å². The molecule has 3 aromatic rings. The van der Waals surface area contributed by atoms with Gasteiger partial charge in [-0.2, -0.15) is 0 Å². The Kier molecular flexibility index (Phi) is 6.07. The topological polar surface area (TPSA) is 118 Å². The first-order chi connectivity index (χ1) is 14.6. The number of nitrogens with one attached hydrogen (secondary N) is 2. The summed E-state index contributed by atoms with van der Waals surface area (Å²) in [7, 11) is -3.83. The van der Waals surface area contributed by atoms with Crippen LogP contribution in [0.15, 0.2) is 65.6 Å². The zero-order chi connectivity index (χ0) is 22.8. The van der Waals surface area contributed by atoms with Crippen molar-refractivity contribution in [2.75, 3.05) is 10.0 Å². The summed E-state index contributed by atoms with van der Waals surface area (Å²) >= 11 is 0. The van der Waals surface area contributed by atoms with E-state index in [9.17, 15) is 23.3 Å². The van der Waals surface area contributed by atoms with E-state index in [0.29, 0.717) is 16.8 Å². The van der Waals surface area contributed by atoms with Gasteiger partial charge in [0, 0.05) is 11.6 Å². The van der Waals surface area contributed by atoms with Crippen LogP contribution in [0.1, 0.15) is 27.0 Å². The van der Waals surface area contributed by atoms with Crippen molar-refractivity contribution in [1.29, 1.82) is 0 Å². The number of carbonyl (C=O) groups excluding carboxylic acids is 1. The van der Waals surface area contributed by atoms with Crippen molar-refractivity contribution < 1.29 is 18.1 Å². The zero-order valence-electron chi connectivity index (χ0n) is 17.2. The van der Waals surface area contributed by atoms with Crippen LogP contribution in [0, 0.1) is 30.9 Å². The third-order valence-electron chi connectivity index (χ3n) is 4.83. The average molecular weight is 439 g/mol. The Morgan fingerprint density at radius 3 is 2.26 bits per heavy atom. The van der Waals surface area contributed by atoms with Gasteiger partial charge in [0.2, 0.25) is 0 Å². The SMILES string of the molecule is Cc1ccc(S(=O)(=O)Nc2cc(C(=O)Nc3cccc([N+](=O)[O-])c3C)ccc2C)cc1. The monoisotopic (exact) mass is 439 g/mol. The molecule has 8 nitrogen and oxygen atoms in total. The normalized spacial score (nSPS) is 11.1. The lowest BCUT2D eigenvalue weighted by atomic mass is 10.1. The molecule has 2 N–H and O–H groups in total. The van der Waals surface area contributed by atoms with Gasteiger partial charge in [-0.15, -0.1) is 0 Å². The largest absolute Gasteiger partial charge is 0.321 e. The minimum absolute atomic E-state index is 0.103. The maximum absolute atomic E-state index is 12.7. The number of aryl methyl sites for hydroxylation is 2. The number of sulfonamides is 1. The minimum atomic E-state index is -3.83. The van der Waals surface area contributed by atoms with E-state index < -0.39 is 20.9 Å². The molecule has 31 heavy (non-hydrogen) atoms. The summed E-state index contributed by atoms with van der Waals surface area (Å²) < 4.78 is 27.9. The Balaban J connectivity index is 1.87. The summed E-state index contributed by atoms with van der Waals surface area (Å²) in [6.45, 7) is 5.13. The molecule has 0 fully saturated rings. The summed E-state index contributed by atoms with van der Waals surface area (Å²) in [5, 5.41) is 13.8. The molecule has 0 radical (unpaired) electrons. The lowest BCUT2D eigenvalue weighted by molar-refractivity contribution is -0.385. The fraction of sp³-hybridized carbons (Fsp3) is 0.136. The van der Waals surface area contributed by atoms with Gasteiger partial charge in [-0.25, -0.2) is 8.42 Å². The van der Waals surface area contributed by atoms with Crippen LogP contribution in [-0.2, 0) is 10.0 Å². The Bertz CT molecular complexity index is 1270. The highest BCUT2D eigenvalue weighted by Gasteiger charge is 2.18. The van der Waals surface area contributed by atoms with Crippen LogP contribution in [0.25, 0.3) is 0 Å². The molecular formula is C22H21N3O5S. The number of nitro groups is 1. The average Bonchev–Trinajstić information content (AvgIpc) is 2.71. The van der Waals surface area contributed by atoms with Gasteiger partial charge in [0.25, 0.3) is 21.6 Å². The number of anilines is 2. The van der Waals surface area contributed by atoms with Gasteiger partial charge in [0.05, 0.1) is 26.8 Å². The summed E-state index contributed by atoms with van der Waals surface area (Å²) in [6.07, 6.45) is 0. The number of nitrogens with zero attached hydrogens (tertiary/aromatic N) is 1. The highest BCUT2D eigenvalue weighted by Crippen LogP contribution is 2.26. The molecule has 0 aliphatic carbocycles. The highest BCUT2D eigenvalue weighted by molar-refractivity contribution is 7.92. The number of carbonyl (C=O) groups is 1. The molecule has 0 atom stereocenters. The molecule has 0 aliphatic rings. The third-order valence-corrected chi connectivity index (χ3v) is 6.21. The van der Waals surface area contributed by atoms with E-state index in [-0.39, 0.29) is 21.8 Å². The van der Waals surface area contributed by atoms with Crippen LogP contribution in [0.3, 0.4) is 0 Å². The zero-order valence-corrected chi connectivity index (χ0v) is 18.0. The second-order valence-corrected chi connectivity index (χ2v) is 8.79. The first-order valence-corrected chi connectivity index (χ1v) is 10.8. The van der Waals surface area contributed by atoms with Gasteiger partial charge >= 0.3 is 0 Å². The number of nitro benzene ring substituents is 1.